The predicted octanol–water partition coefficient (Wildman–Crippen LogP) is 8.43. The average molecular weight is 691 g/mol. The van der Waals surface area contributed by atoms with Gasteiger partial charge < -0.3 is 28.8 Å². The summed E-state index contributed by atoms with van der Waals surface area (Å²) in [6.07, 6.45) is 40.8. The van der Waals surface area contributed by atoms with Crippen LogP contribution < -0.4 is 10.2 Å². The zero-order chi connectivity index (χ0) is 35.8. The lowest BCUT2D eigenvalue weighted by molar-refractivity contribution is -0.870. The number of rotatable bonds is 30. The largest absolute Gasteiger partial charge is 0.756 e. The number of amides is 1. The van der Waals surface area contributed by atoms with Crippen molar-refractivity contribution in [2.24, 2.45) is 0 Å². The van der Waals surface area contributed by atoms with Crippen molar-refractivity contribution in [2.45, 2.75) is 116 Å². The minimum Gasteiger partial charge on any atom is -0.756 e. The number of carbonyl (C=O) groups excluding carboxylic acids is 1. The summed E-state index contributed by atoms with van der Waals surface area (Å²) in [6.45, 7) is 4.35. The molecule has 0 radical (unpaired) electrons. The number of hydrogen-bond acceptors (Lipinski definition) is 6. The van der Waals surface area contributed by atoms with E-state index in [1.807, 2.05) is 27.2 Å². The smallest absolute Gasteiger partial charge is 0.268 e. The highest BCUT2D eigenvalue weighted by molar-refractivity contribution is 7.45. The minimum atomic E-state index is -4.60. The van der Waals surface area contributed by atoms with Gasteiger partial charge in [-0.15, -0.1) is 0 Å². The number of nitrogens with one attached hydrogen (secondary N) is 1. The number of nitrogens with zero attached hydrogens (tertiary/aromatic N) is 1. The van der Waals surface area contributed by atoms with Gasteiger partial charge in [-0.2, -0.15) is 0 Å². The Balaban J connectivity index is 4.69. The first-order valence-corrected chi connectivity index (χ1v) is 19.4. The van der Waals surface area contributed by atoms with Crippen molar-refractivity contribution in [3.05, 3.63) is 85.1 Å². The molecule has 0 spiro atoms. The molecule has 1 amide bonds. The molecule has 0 aromatic carbocycles. The van der Waals surface area contributed by atoms with Gasteiger partial charge in [0.2, 0.25) is 5.91 Å². The number of likely N-dealkylation sites (N-methyl/N-ethyl adjacent to an activating group) is 1. The highest BCUT2D eigenvalue weighted by atomic mass is 31.2. The molecular weight excluding hydrogens is 623 g/mol. The number of quaternary nitrogens is 1. The average Bonchev–Trinajstić information content (AvgIpc) is 3.02. The Hall–Kier alpha value is -2.32. The number of hydrogen-bond donors (Lipinski definition) is 2. The molecule has 0 aliphatic heterocycles. The molecule has 274 valence electrons. The van der Waals surface area contributed by atoms with E-state index in [9.17, 15) is 19.4 Å². The molecule has 0 aromatic heterocycles. The van der Waals surface area contributed by atoms with Crippen LogP contribution in [0.1, 0.15) is 104 Å². The first kappa shape index (κ1) is 45.7. The molecular formula is C39H67N2O6P. The maximum atomic E-state index is 12.7. The standard InChI is InChI=1S/C39H67N2O6P/c1-6-8-10-12-14-16-17-18-19-20-21-22-23-25-27-29-31-33-39(43)40-37(36-47-48(44,45)46-35-34-41(3,4)5)38(42)32-30-28-26-24-15-13-11-9-7-2/h8,10,14-16,18-19,21-22,24-25,27,30,32,37-38,42H,6-7,9,11-13,17,20,23,26,28-29,31,33-36H2,1-5H3,(H-,40,43,44,45)/b10-8-,16-14-,19-18-,22-21-,24-15+,27-25-,32-30+. The van der Waals surface area contributed by atoms with Gasteiger partial charge in [0.05, 0.1) is 39.9 Å². The van der Waals surface area contributed by atoms with Crippen LogP contribution in [0.15, 0.2) is 85.1 Å². The minimum absolute atomic E-state index is 0.0223. The molecule has 3 atom stereocenters. The van der Waals surface area contributed by atoms with Crippen LogP contribution in [0.25, 0.3) is 0 Å². The van der Waals surface area contributed by atoms with Gasteiger partial charge in [0.1, 0.15) is 13.2 Å². The molecule has 2 N–H and O–H groups in total. The van der Waals surface area contributed by atoms with Crippen LogP contribution in [0, 0.1) is 0 Å². The number of allylic oxidation sites excluding steroid dienone is 13. The van der Waals surface area contributed by atoms with E-state index < -0.39 is 26.6 Å². The fourth-order valence-corrected chi connectivity index (χ4v) is 4.92. The van der Waals surface area contributed by atoms with E-state index in [0.717, 1.165) is 57.8 Å². The second kappa shape index (κ2) is 30.7. The highest BCUT2D eigenvalue weighted by Gasteiger charge is 2.23. The number of unbranched alkanes of at least 4 members (excludes halogenated alkanes) is 5. The first-order chi connectivity index (χ1) is 23.0. The Kier molecular flexibility index (Phi) is 29.2. The Labute approximate surface area is 293 Å². The predicted molar refractivity (Wildman–Crippen MR) is 200 cm³/mol. The molecule has 48 heavy (non-hydrogen) atoms. The van der Waals surface area contributed by atoms with Gasteiger partial charge in [-0.25, -0.2) is 0 Å². The van der Waals surface area contributed by atoms with Crippen LogP contribution in [-0.2, 0) is 18.4 Å². The molecule has 8 nitrogen and oxygen atoms in total. The first-order valence-electron chi connectivity index (χ1n) is 17.9. The summed E-state index contributed by atoms with van der Waals surface area (Å²) < 4.78 is 22.9. The zero-order valence-electron chi connectivity index (χ0n) is 30.6. The Morgan fingerprint density at radius 3 is 1.85 bits per heavy atom. The molecule has 0 fully saturated rings. The van der Waals surface area contributed by atoms with E-state index >= 15 is 0 Å². The van der Waals surface area contributed by atoms with E-state index in [-0.39, 0.29) is 18.9 Å². The number of aliphatic hydroxyl groups excluding tert-OH is 1. The van der Waals surface area contributed by atoms with E-state index in [1.165, 1.54) is 19.3 Å². The molecule has 0 saturated carbocycles. The maximum absolute atomic E-state index is 12.7. The molecule has 9 heteroatoms. The van der Waals surface area contributed by atoms with Crippen molar-refractivity contribution in [3.63, 3.8) is 0 Å². The fourth-order valence-electron chi connectivity index (χ4n) is 4.20. The maximum Gasteiger partial charge on any atom is 0.268 e. The molecule has 3 unspecified atom stereocenters. The normalized spacial score (nSPS) is 15.7. The Bertz CT molecular complexity index is 1060. The van der Waals surface area contributed by atoms with Gasteiger partial charge in [0.15, 0.2) is 0 Å². The van der Waals surface area contributed by atoms with Crippen LogP contribution >= 0.6 is 7.82 Å². The summed E-state index contributed by atoms with van der Waals surface area (Å²) in [7, 11) is 1.18. The molecule has 0 aliphatic rings. The summed E-state index contributed by atoms with van der Waals surface area (Å²) in [5.74, 6) is -0.273. The fraction of sp³-hybridized carbons (Fsp3) is 0.615. The van der Waals surface area contributed by atoms with Gasteiger partial charge in [-0.05, 0) is 70.6 Å². The molecule has 0 aliphatic carbocycles. The van der Waals surface area contributed by atoms with Gasteiger partial charge >= 0.3 is 0 Å². The topological polar surface area (TPSA) is 108 Å². The zero-order valence-corrected chi connectivity index (χ0v) is 31.5. The lowest BCUT2D eigenvalue weighted by Crippen LogP contribution is -2.45. The summed E-state index contributed by atoms with van der Waals surface area (Å²) in [6, 6.07) is -0.934. The highest BCUT2D eigenvalue weighted by Crippen LogP contribution is 2.38. The van der Waals surface area contributed by atoms with Gasteiger partial charge in [0, 0.05) is 6.42 Å². The summed E-state index contributed by atoms with van der Waals surface area (Å²) in [4.78, 5) is 25.0. The lowest BCUT2D eigenvalue weighted by Gasteiger charge is -2.29. The number of phosphoric acid groups is 1. The van der Waals surface area contributed by atoms with Crippen molar-refractivity contribution in [1.82, 2.24) is 5.32 Å². The van der Waals surface area contributed by atoms with Gasteiger partial charge in [-0.1, -0.05) is 112 Å². The SMILES string of the molecule is CC/C=C\C/C=C\C/C=C\C/C=C\C/C=C\CCCC(=O)NC(COP(=O)([O-])OCC[N+](C)(C)C)C(O)/C=C/CC/C=C/CCCCC. The molecule has 0 bridgehead atoms. The quantitative estimate of drug-likeness (QED) is 0.0339. The van der Waals surface area contributed by atoms with Crippen molar-refractivity contribution in [1.29, 1.82) is 0 Å². The lowest BCUT2D eigenvalue weighted by atomic mass is 10.1. The molecule has 0 saturated heterocycles. The van der Waals surface area contributed by atoms with Crippen LogP contribution in [0.5, 0.6) is 0 Å². The Morgan fingerprint density at radius 2 is 1.27 bits per heavy atom. The van der Waals surface area contributed by atoms with E-state index in [4.69, 9.17) is 9.05 Å². The van der Waals surface area contributed by atoms with Crippen molar-refractivity contribution in [2.75, 3.05) is 40.9 Å². The van der Waals surface area contributed by atoms with Crippen LogP contribution in [0.4, 0.5) is 0 Å². The van der Waals surface area contributed by atoms with Crippen molar-refractivity contribution in [3.8, 4) is 0 Å². The van der Waals surface area contributed by atoms with Gasteiger partial charge in [0.25, 0.3) is 7.82 Å². The van der Waals surface area contributed by atoms with E-state index in [1.54, 1.807) is 6.08 Å². The number of carbonyl (C=O) groups is 1. The van der Waals surface area contributed by atoms with Crippen molar-refractivity contribution >= 4 is 13.7 Å². The monoisotopic (exact) mass is 690 g/mol. The molecule has 0 rings (SSSR count). The summed E-state index contributed by atoms with van der Waals surface area (Å²) in [5.41, 5.74) is 0. The second-order valence-electron chi connectivity index (χ2n) is 12.8. The summed E-state index contributed by atoms with van der Waals surface area (Å²) >= 11 is 0. The second-order valence-corrected chi connectivity index (χ2v) is 14.2. The number of phosphoric ester groups is 1. The van der Waals surface area contributed by atoms with Crippen LogP contribution in [0.3, 0.4) is 0 Å². The summed E-state index contributed by atoms with van der Waals surface area (Å²) in [5, 5.41) is 13.6. The van der Waals surface area contributed by atoms with Gasteiger partial charge in [-0.3, -0.25) is 9.36 Å². The third-order valence-electron chi connectivity index (χ3n) is 7.09. The van der Waals surface area contributed by atoms with Crippen molar-refractivity contribution < 1.29 is 32.9 Å². The van der Waals surface area contributed by atoms with Crippen LogP contribution in [0.2, 0.25) is 0 Å². The third-order valence-corrected chi connectivity index (χ3v) is 8.05. The number of aliphatic hydroxyl groups is 1. The van der Waals surface area contributed by atoms with E-state index in [2.05, 4.69) is 92.1 Å². The van der Waals surface area contributed by atoms with Crippen LogP contribution in [-0.4, -0.2) is 68.5 Å². The molecule has 0 heterocycles. The Morgan fingerprint density at radius 1 is 0.750 bits per heavy atom. The third kappa shape index (κ3) is 32.2. The molecule has 0 aromatic rings. The van der Waals surface area contributed by atoms with E-state index in [0.29, 0.717) is 17.4 Å².